The van der Waals surface area contributed by atoms with Gasteiger partial charge >= 0.3 is 0 Å². The highest BCUT2D eigenvalue weighted by Crippen LogP contribution is 2.34. The van der Waals surface area contributed by atoms with Gasteiger partial charge in [0, 0.05) is 12.7 Å². The number of benzene rings is 1. The Bertz CT molecular complexity index is 683. The predicted octanol–water partition coefficient (Wildman–Crippen LogP) is 3.57. The van der Waals surface area contributed by atoms with Crippen LogP contribution in [-0.2, 0) is 6.54 Å². The number of nitrogens with two attached hydrogens (primary N) is 1. The fourth-order valence-electron chi connectivity index (χ4n) is 2.08. The molecule has 0 amide bonds. The normalized spacial score (nSPS) is 10.8. The van der Waals surface area contributed by atoms with Crippen molar-refractivity contribution >= 4 is 11.3 Å². The second-order valence-corrected chi connectivity index (χ2v) is 5.42. The molecule has 2 aromatic heterocycles. The molecule has 96 valence electrons. The first-order chi connectivity index (χ1) is 9.28. The van der Waals surface area contributed by atoms with Gasteiger partial charge in [-0.05, 0) is 36.2 Å². The van der Waals surface area contributed by atoms with Crippen molar-refractivity contribution in [2.45, 2.75) is 13.5 Å². The van der Waals surface area contributed by atoms with Crippen molar-refractivity contribution in [3.05, 3.63) is 53.9 Å². The van der Waals surface area contributed by atoms with Crippen LogP contribution in [0, 0.1) is 6.92 Å². The maximum Gasteiger partial charge on any atom is 0.140 e. The Morgan fingerprint density at radius 2 is 2.16 bits per heavy atom. The zero-order chi connectivity index (χ0) is 13.2. The Kier molecular flexibility index (Phi) is 3.19. The number of hydrogen-bond acceptors (Lipinski definition) is 3. The third-order valence-electron chi connectivity index (χ3n) is 3.05. The first-order valence-electron chi connectivity index (χ1n) is 6.18. The summed E-state index contributed by atoms with van der Waals surface area (Å²) in [6.07, 6.45) is 1.92. The number of rotatable bonds is 3. The third-order valence-corrected chi connectivity index (χ3v) is 4.29. The van der Waals surface area contributed by atoms with Gasteiger partial charge in [0.2, 0.25) is 0 Å². The third kappa shape index (κ3) is 2.32. The molecule has 1 aromatic carbocycles. The smallest absolute Gasteiger partial charge is 0.140 e. The number of hydrogen-bond donors (Lipinski definition) is 2. The van der Waals surface area contributed by atoms with Crippen molar-refractivity contribution in [2.75, 3.05) is 0 Å². The number of aryl methyl sites for hydroxylation is 1. The van der Waals surface area contributed by atoms with E-state index in [0.717, 1.165) is 22.0 Å². The van der Waals surface area contributed by atoms with E-state index < -0.39 is 0 Å². The standard InChI is InChI=1S/C15H15N3S/c1-10-14(12-5-2-4-11(8-12)9-16)19-15(18-10)13-6-3-7-17-13/h2-8,17H,9,16H2,1H3. The molecule has 0 spiro atoms. The number of aromatic amines is 1. The Labute approximate surface area is 116 Å². The maximum absolute atomic E-state index is 5.70. The Balaban J connectivity index is 2.05. The number of nitrogens with one attached hydrogen (secondary N) is 1. The highest BCUT2D eigenvalue weighted by Gasteiger charge is 2.11. The van der Waals surface area contributed by atoms with Crippen LogP contribution in [0.25, 0.3) is 21.1 Å². The molecule has 0 aliphatic rings. The van der Waals surface area contributed by atoms with Gasteiger partial charge in [0.15, 0.2) is 0 Å². The van der Waals surface area contributed by atoms with Crippen LogP contribution in [0.4, 0.5) is 0 Å². The van der Waals surface area contributed by atoms with Gasteiger partial charge < -0.3 is 10.7 Å². The molecule has 0 fully saturated rings. The van der Waals surface area contributed by atoms with Crippen molar-refractivity contribution in [3.63, 3.8) is 0 Å². The molecule has 0 bridgehead atoms. The van der Waals surface area contributed by atoms with E-state index in [0.29, 0.717) is 6.54 Å². The van der Waals surface area contributed by atoms with E-state index in [1.807, 2.05) is 37.4 Å². The molecule has 4 heteroatoms. The van der Waals surface area contributed by atoms with Crippen LogP contribution in [0.15, 0.2) is 42.6 Å². The van der Waals surface area contributed by atoms with E-state index in [1.54, 1.807) is 11.3 Å². The van der Waals surface area contributed by atoms with E-state index in [1.165, 1.54) is 10.4 Å². The minimum atomic E-state index is 0.565. The summed E-state index contributed by atoms with van der Waals surface area (Å²) in [5, 5.41) is 1.02. The van der Waals surface area contributed by atoms with Crippen LogP contribution >= 0.6 is 11.3 Å². The lowest BCUT2D eigenvalue weighted by atomic mass is 10.1. The van der Waals surface area contributed by atoms with Crippen molar-refractivity contribution in [1.82, 2.24) is 9.97 Å². The van der Waals surface area contributed by atoms with Crippen molar-refractivity contribution in [2.24, 2.45) is 5.73 Å². The van der Waals surface area contributed by atoms with Crippen LogP contribution in [0.3, 0.4) is 0 Å². The molecule has 3 nitrogen and oxygen atoms in total. The molecular weight excluding hydrogens is 254 g/mol. The monoisotopic (exact) mass is 269 g/mol. The zero-order valence-electron chi connectivity index (χ0n) is 10.7. The quantitative estimate of drug-likeness (QED) is 0.763. The molecule has 3 aromatic rings. The van der Waals surface area contributed by atoms with Crippen molar-refractivity contribution in [1.29, 1.82) is 0 Å². The van der Waals surface area contributed by atoms with Crippen LogP contribution < -0.4 is 5.73 Å². The van der Waals surface area contributed by atoms with E-state index >= 15 is 0 Å². The van der Waals surface area contributed by atoms with E-state index in [9.17, 15) is 0 Å². The fourth-order valence-corrected chi connectivity index (χ4v) is 3.13. The maximum atomic E-state index is 5.70. The molecule has 0 aliphatic heterocycles. The lowest BCUT2D eigenvalue weighted by Crippen LogP contribution is -1.95. The van der Waals surface area contributed by atoms with Gasteiger partial charge in [0.25, 0.3) is 0 Å². The molecule has 2 heterocycles. The lowest BCUT2D eigenvalue weighted by molar-refractivity contribution is 1.07. The largest absolute Gasteiger partial charge is 0.359 e. The summed E-state index contributed by atoms with van der Waals surface area (Å²) >= 11 is 1.71. The second kappa shape index (κ2) is 4.99. The van der Waals surface area contributed by atoms with Crippen LogP contribution in [0.5, 0.6) is 0 Å². The lowest BCUT2D eigenvalue weighted by Gasteiger charge is -2.01. The minimum Gasteiger partial charge on any atom is -0.359 e. The Hall–Kier alpha value is -1.91. The van der Waals surface area contributed by atoms with Crippen LogP contribution in [0.1, 0.15) is 11.3 Å². The Morgan fingerprint density at radius 3 is 2.89 bits per heavy atom. The van der Waals surface area contributed by atoms with Crippen molar-refractivity contribution < 1.29 is 0 Å². The first-order valence-corrected chi connectivity index (χ1v) is 7.00. The molecular formula is C15H15N3S. The first kappa shape index (κ1) is 12.1. The number of thiazole rings is 1. The Morgan fingerprint density at radius 1 is 1.26 bits per heavy atom. The predicted molar refractivity (Wildman–Crippen MR) is 80.0 cm³/mol. The van der Waals surface area contributed by atoms with E-state index in [-0.39, 0.29) is 0 Å². The average molecular weight is 269 g/mol. The molecule has 3 N–H and O–H groups in total. The molecule has 0 atom stereocenters. The minimum absolute atomic E-state index is 0.565. The average Bonchev–Trinajstić information content (AvgIpc) is 3.07. The number of nitrogens with zero attached hydrogens (tertiary/aromatic N) is 1. The van der Waals surface area contributed by atoms with Gasteiger partial charge in [-0.1, -0.05) is 18.2 Å². The van der Waals surface area contributed by atoms with Crippen LogP contribution in [0.2, 0.25) is 0 Å². The van der Waals surface area contributed by atoms with Gasteiger partial charge in [-0.15, -0.1) is 11.3 Å². The molecule has 0 unspecified atom stereocenters. The molecule has 0 radical (unpaired) electrons. The fraction of sp³-hybridized carbons (Fsp3) is 0.133. The topological polar surface area (TPSA) is 54.7 Å². The van der Waals surface area contributed by atoms with Crippen molar-refractivity contribution in [3.8, 4) is 21.1 Å². The molecule has 0 aliphatic carbocycles. The summed E-state index contributed by atoms with van der Waals surface area (Å²) in [7, 11) is 0. The highest BCUT2D eigenvalue weighted by atomic mass is 32.1. The second-order valence-electron chi connectivity index (χ2n) is 4.42. The SMILES string of the molecule is Cc1nc(-c2ccc[nH]2)sc1-c1cccc(CN)c1. The van der Waals surface area contributed by atoms with Gasteiger partial charge in [0.1, 0.15) is 5.01 Å². The van der Waals surface area contributed by atoms with E-state index in [2.05, 4.69) is 22.1 Å². The molecule has 3 rings (SSSR count). The van der Waals surface area contributed by atoms with Crippen LogP contribution in [-0.4, -0.2) is 9.97 Å². The molecule has 0 saturated carbocycles. The van der Waals surface area contributed by atoms with Gasteiger partial charge in [0.05, 0.1) is 16.3 Å². The number of aromatic nitrogens is 2. The van der Waals surface area contributed by atoms with Gasteiger partial charge in [-0.3, -0.25) is 0 Å². The molecule has 19 heavy (non-hydrogen) atoms. The van der Waals surface area contributed by atoms with Gasteiger partial charge in [-0.25, -0.2) is 4.98 Å². The van der Waals surface area contributed by atoms with Gasteiger partial charge in [-0.2, -0.15) is 0 Å². The zero-order valence-corrected chi connectivity index (χ0v) is 11.5. The summed E-state index contributed by atoms with van der Waals surface area (Å²) in [4.78, 5) is 9.05. The summed E-state index contributed by atoms with van der Waals surface area (Å²) in [6.45, 7) is 2.61. The summed E-state index contributed by atoms with van der Waals surface area (Å²) in [5.41, 5.74) is 10.2. The molecule has 0 saturated heterocycles. The van der Waals surface area contributed by atoms with E-state index in [4.69, 9.17) is 5.73 Å². The summed E-state index contributed by atoms with van der Waals surface area (Å²) < 4.78 is 0. The number of H-pyrrole nitrogens is 1. The highest BCUT2D eigenvalue weighted by molar-refractivity contribution is 7.18. The summed E-state index contributed by atoms with van der Waals surface area (Å²) in [6, 6.07) is 12.4. The summed E-state index contributed by atoms with van der Waals surface area (Å²) in [5.74, 6) is 0.